The summed E-state index contributed by atoms with van der Waals surface area (Å²) in [5.41, 5.74) is 0. The SMILES string of the molecule is Fc1c(F)c(F)c(OB(Oc2c(F)c(F)c(F)c(F)c2F)Oc2c(F)c(F)c(F)c(F)c2F)c(F)c1F.c1ccc([S+](c2ccccc2)c2ccccc2)cc1. The van der Waals surface area contributed by atoms with Gasteiger partial charge in [-0.2, -0.15) is 26.3 Å². The maximum atomic E-state index is 13.9. The summed E-state index contributed by atoms with van der Waals surface area (Å²) in [4.78, 5) is 4.08. The summed E-state index contributed by atoms with van der Waals surface area (Å²) in [6.45, 7) is 0. The van der Waals surface area contributed by atoms with Crippen LogP contribution >= 0.6 is 0 Å². The summed E-state index contributed by atoms with van der Waals surface area (Å²) >= 11 is 0. The van der Waals surface area contributed by atoms with E-state index in [1.807, 2.05) is 0 Å². The summed E-state index contributed by atoms with van der Waals surface area (Å²) < 4.78 is 216. The smallest absolute Gasteiger partial charge is 0.484 e. The molecular weight excluding hydrogens is 808 g/mol. The van der Waals surface area contributed by atoms with E-state index >= 15 is 0 Å². The highest BCUT2D eigenvalue weighted by Gasteiger charge is 2.42. The molecule has 20 heteroatoms. The molecule has 0 radical (unpaired) electrons. The summed E-state index contributed by atoms with van der Waals surface area (Å²) in [6, 6.07) is 32.2. The highest BCUT2D eigenvalue weighted by molar-refractivity contribution is 7.97. The second-order valence-corrected chi connectivity index (χ2v) is 12.6. The molecule has 0 amide bonds. The summed E-state index contributed by atoms with van der Waals surface area (Å²) in [5, 5.41) is 0. The standard InChI is InChI=1S/C18BF15O3.C18H15S/c20-1-4(23)10(29)16(11(30)5(1)24)35-19(36-17-12(31)6(25)2(21)7(26)13(17)32)37-18-14(33)8(27)3(22)9(28)15(18)34;1-4-10-16(11-5-1)19(17-12-6-2-7-13-17)18-14-8-3-9-15-18/h;1-15H/q;+1. The fourth-order valence-corrected chi connectivity index (χ4v) is 6.61. The van der Waals surface area contributed by atoms with Crippen molar-refractivity contribution in [3.8, 4) is 17.2 Å². The number of halogens is 15. The highest BCUT2D eigenvalue weighted by atomic mass is 32.2. The monoisotopic (exact) mass is 823 g/mol. The average Bonchev–Trinajstić information content (AvgIpc) is 3.22. The van der Waals surface area contributed by atoms with E-state index in [4.69, 9.17) is 0 Å². The molecule has 0 bridgehead atoms. The molecule has 6 aromatic rings. The third kappa shape index (κ3) is 8.19. The molecular formula is C36H15BF15O3S+. The lowest BCUT2D eigenvalue weighted by atomic mass is 10.1. The van der Waals surface area contributed by atoms with Crippen LogP contribution in [-0.2, 0) is 10.9 Å². The van der Waals surface area contributed by atoms with Crippen LogP contribution in [0.15, 0.2) is 106 Å². The van der Waals surface area contributed by atoms with Crippen LogP contribution in [0, 0.1) is 87.3 Å². The lowest BCUT2D eigenvalue weighted by Gasteiger charge is -2.19. The Hall–Kier alpha value is -5.92. The van der Waals surface area contributed by atoms with Crippen molar-refractivity contribution in [2.45, 2.75) is 14.7 Å². The van der Waals surface area contributed by atoms with Crippen LogP contribution in [-0.4, -0.2) is 7.32 Å². The largest absolute Gasteiger partial charge is 0.864 e. The number of rotatable bonds is 9. The molecule has 0 saturated carbocycles. The van der Waals surface area contributed by atoms with Gasteiger partial charge < -0.3 is 14.0 Å². The molecule has 6 rings (SSSR count). The Kier molecular flexibility index (Phi) is 12.7. The Balaban J connectivity index is 0.000000262. The van der Waals surface area contributed by atoms with Crippen molar-refractivity contribution in [1.82, 2.24) is 0 Å². The van der Waals surface area contributed by atoms with E-state index in [0.717, 1.165) is 0 Å². The van der Waals surface area contributed by atoms with Crippen LogP contribution in [0.25, 0.3) is 0 Å². The fraction of sp³-hybridized carbons (Fsp3) is 0. The van der Waals surface area contributed by atoms with Crippen LogP contribution in [0.1, 0.15) is 0 Å². The van der Waals surface area contributed by atoms with E-state index in [1.54, 1.807) is 0 Å². The van der Waals surface area contributed by atoms with Gasteiger partial charge in [0.05, 0.1) is 10.9 Å². The van der Waals surface area contributed by atoms with Crippen molar-refractivity contribution in [2.24, 2.45) is 0 Å². The fourth-order valence-electron chi connectivity index (χ4n) is 4.50. The molecule has 6 aromatic carbocycles. The van der Waals surface area contributed by atoms with Crippen LogP contribution in [0.2, 0.25) is 0 Å². The van der Waals surface area contributed by atoms with E-state index in [-0.39, 0.29) is 10.9 Å². The zero-order valence-electron chi connectivity index (χ0n) is 27.0. The lowest BCUT2D eigenvalue weighted by molar-refractivity contribution is 0.247. The predicted molar refractivity (Wildman–Crippen MR) is 168 cm³/mol. The minimum atomic E-state index is -3.75. The van der Waals surface area contributed by atoms with Crippen molar-refractivity contribution in [3.05, 3.63) is 178 Å². The van der Waals surface area contributed by atoms with Crippen molar-refractivity contribution in [3.63, 3.8) is 0 Å². The van der Waals surface area contributed by atoms with Gasteiger partial charge in [-0.25, -0.2) is 39.5 Å². The Morgan fingerprint density at radius 2 is 0.446 bits per heavy atom. The number of hydrogen-bond acceptors (Lipinski definition) is 3. The normalized spacial score (nSPS) is 10.9. The molecule has 0 spiro atoms. The number of benzene rings is 6. The van der Waals surface area contributed by atoms with Gasteiger partial charge in [-0.05, 0) is 36.4 Å². The summed E-state index contributed by atoms with van der Waals surface area (Å²) in [5.74, 6) is -50.0. The maximum absolute atomic E-state index is 13.9. The van der Waals surface area contributed by atoms with Gasteiger partial charge in [-0.3, -0.25) is 0 Å². The highest BCUT2D eigenvalue weighted by Crippen LogP contribution is 2.35. The molecule has 0 atom stereocenters. The Labute approximate surface area is 308 Å². The van der Waals surface area contributed by atoms with Crippen LogP contribution in [0.3, 0.4) is 0 Å². The third-order valence-corrected chi connectivity index (χ3v) is 9.32. The van der Waals surface area contributed by atoms with Crippen molar-refractivity contribution >= 4 is 18.2 Å². The average molecular weight is 823 g/mol. The lowest BCUT2D eigenvalue weighted by Crippen LogP contribution is -2.39. The summed E-state index contributed by atoms with van der Waals surface area (Å²) in [6.07, 6.45) is 0. The van der Waals surface area contributed by atoms with Gasteiger partial charge in [0.15, 0.2) is 31.9 Å². The van der Waals surface area contributed by atoms with Gasteiger partial charge in [0.2, 0.25) is 87.3 Å². The van der Waals surface area contributed by atoms with E-state index in [2.05, 4.69) is 105 Å². The molecule has 0 aliphatic heterocycles. The van der Waals surface area contributed by atoms with E-state index in [9.17, 15) is 65.9 Å². The topological polar surface area (TPSA) is 27.7 Å². The van der Waals surface area contributed by atoms with Crippen molar-refractivity contribution < 1.29 is 79.8 Å². The zero-order chi connectivity index (χ0) is 41.0. The van der Waals surface area contributed by atoms with Crippen LogP contribution < -0.4 is 14.0 Å². The Morgan fingerprint density at radius 1 is 0.268 bits per heavy atom. The summed E-state index contributed by atoms with van der Waals surface area (Å²) in [7, 11) is -3.77. The second kappa shape index (κ2) is 17.3. The van der Waals surface area contributed by atoms with Crippen molar-refractivity contribution in [1.29, 1.82) is 0 Å². The quantitative estimate of drug-likeness (QED) is 0.0478. The molecule has 0 fully saturated rings. The minimum Gasteiger partial charge on any atom is -0.484 e. The van der Waals surface area contributed by atoms with E-state index in [0.29, 0.717) is 0 Å². The van der Waals surface area contributed by atoms with Gasteiger partial charge in [-0.15, -0.1) is 0 Å². The van der Waals surface area contributed by atoms with Gasteiger partial charge in [0.1, 0.15) is 0 Å². The van der Waals surface area contributed by atoms with Gasteiger partial charge in [-0.1, -0.05) is 54.6 Å². The number of hydrogen-bond donors (Lipinski definition) is 0. The van der Waals surface area contributed by atoms with Gasteiger partial charge in [0.25, 0.3) is 0 Å². The first-order valence-electron chi connectivity index (χ1n) is 15.0. The second-order valence-electron chi connectivity index (χ2n) is 10.6. The zero-order valence-corrected chi connectivity index (χ0v) is 27.9. The van der Waals surface area contributed by atoms with Crippen LogP contribution in [0.5, 0.6) is 17.2 Å². The first-order valence-corrected chi connectivity index (χ1v) is 16.2. The van der Waals surface area contributed by atoms with Crippen molar-refractivity contribution in [2.75, 3.05) is 0 Å². The first-order chi connectivity index (χ1) is 26.6. The molecule has 0 aromatic heterocycles. The molecule has 0 aliphatic rings. The third-order valence-electron chi connectivity index (χ3n) is 7.09. The molecule has 56 heavy (non-hydrogen) atoms. The molecule has 0 unspecified atom stereocenters. The maximum Gasteiger partial charge on any atom is 0.864 e. The molecule has 290 valence electrons. The molecule has 3 nitrogen and oxygen atoms in total. The molecule has 0 N–H and O–H groups in total. The van der Waals surface area contributed by atoms with Gasteiger partial charge in [0, 0.05) is 0 Å². The first kappa shape index (κ1) is 41.3. The predicted octanol–water partition coefficient (Wildman–Crippen LogP) is 11.1. The van der Waals surface area contributed by atoms with E-state index < -0.39 is 112 Å². The Bertz CT molecular complexity index is 2030. The molecule has 0 heterocycles. The Morgan fingerprint density at radius 3 is 0.643 bits per heavy atom. The van der Waals surface area contributed by atoms with Crippen LogP contribution in [0.4, 0.5) is 65.9 Å². The molecule has 0 saturated heterocycles. The molecule has 0 aliphatic carbocycles. The van der Waals surface area contributed by atoms with Gasteiger partial charge >= 0.3 is 7.32 Å². The van der Waals surface area contributed by atoms with E-state index in [1.165, 1.54) is 14.7 Å². The minimum absolute atomic E-state index is 0.0146.